The zero-order valence-corrected chi connectivity index (χ0v) is 14.9. The lowest BCUT2D eigenvalue weighted by Crippen LogP contribution is -2.43. The summed E-state index contributed by atoms with van der Waals surface area (Å²) in [6.45, 7) is 2.73. The lowest BCUT2D eigenvalue weighted by Gasteiger charge is -2.32. The van der Waals surface area contributed by atoms with Crippen molar-refractivity contribution in [1.82, 2.24) is 10.2 Å². The van der Waals surface area contributed by atoms with E-state index >= 15 is 0 Å². The maximum atomic E-state index is 12.6. The van der Waals surface area contributed by atoms with Crippen LogP contribution >= 0.6 is 0 Å². The normalized spacial score (nSPS) is 29.9. The molecule has 1 N–H and O–H groups in total. The van der Waals surface area contributed by atoms with Gasteiger partial charge in [-0.3, -0.25) is 9.59 Å². The second-order valence-corrected chi connectivity index (χ2v) is 9.07. The molecule has 2 fully saturated rings. The van der Waals surface area contributed by atoms with E-state index in [4.69, 9.17) is 0 Å². The van der Waals surface area contributed by atoms with Crippen LogP contribution in [0.1, 0.15) is 45.4 Å². The number of hydrogen-bond donors (Lipinski definition) is 1. The topological polar surface area (TPSA) is 83.6 Å². The third kappa shape index (κ3) is 4.68. The van der Waals surface area contributed by atoms with Crippen molar-refractivity contribution in [2.75, 3.05) is 25.1 Å². The Morgan fingerprint density at radius 2 is 1.70 bits per heavy atom. The first-order chi connectivity index (χ1) is 10.8. The van der Waals surface area contributed by atoms with Crippen molar-refractivity contribution >= 4 is 21.7 Å². The van der Waals surface area contributed by atoms with Gasteiger partial charge in [-0.15, -0.1) is 0 Å². The highest BCUT2D eigenvalue weighted by Crippen LogP contribution is 2.31. The van der Waals surface area contributed by atoms with Gasteiger partial charge in [-0.2, -0.15) is 0 Å². The SMILES string of the molecule is CCCNC(=O)C1CCC(C(=O)N(C)C2CCS(=O)(=O)C2)CC1. The molecular weight excluding hydrogens is 316 g/mol. The van der Waals surface area contributed by atoms with Crippen LogP contribution in [-0.4, -0.2) is 56.3 Å². The van der Waals surface area contributed by atoms with Crippen LogP contribution in [0.4, 0.5) is 0 Å². The van der Waals surface area contributed by atoms with Crippen molar-refractivity contribution in [3.8, 4) is 0 Å². The Labute approximate surface area is 138 Å². The van der Waals surface area contributed by atoms with Gasteiger partial charge in [0.05, 0.1) is 11.5 Å². The molecule has 1 saturated carbocycles. The molecule has 1 atom stereocenters. The van der Waals surface area contributed by atoms with Gasteiger partial charge in [0.25, 0.3) is 0 Å². The van der Waals surface area contributed by atoms with E-state index in [1.165, 1.54) is 0 Å². The Balaban J connectivity index is 1.82. The van der Waals surface area contributed by atoms with Gasteiger partial charge in [-0.05, 0) is 38.5 Å². The maximum absolute atomic E-state index is 12.6. The van der Waals surface area contributed by atoms with Crippen molar-refractivity contribution in [2.24, 2.45) is 11.8 Å². The number of nitrogens with zero attached hydrogens (tertiary/aromatic N) is 1. The minimum atomic E-state index is -2.98. The molecule has 0 radical (unpaired) electrons. The molecule has 1 aliphatic carbocycles. The molecule has 7 heteroatoms. The number of nitrogens with one attached hydrogen (secondary N) is 1. The van der Waals surface area contributed by atoms with Gasteiger partial charge in [0.15, 0.2) is 9.84 Å². The summed E-state index contributed by atoms with van der Waals surface area (Å²) in [6.07, 6.45) is 4.37. The minimum Gasteiger partial charge on any atom is -0.356 e. The first kappa shape index (κ1) is 18.2. The molecule has 1 heterocycles. The molecule has 6 nitrogen and oxygen atoms in total. The van der Waals surface area contributed by atoms with Crippen LogP contribution in [0.5, 0.6) is 0 Å². The molecule has 0 bridgehead atoms. The van der Waals surface area contributed by atoms with Gasteiger partial charge in [-0.1, -0.05) is 6.92 Å². The standard InChI is InChI=1S/C16H28N2O4S/c1-3-9-17-15(19)12-4-6-13(7-5-12)16(20)18(2)14-8-10-23(21,22)11-14/h12-14H,3-11H2,1-2H3,(H,17,19). The summed E-state index contributed by atoms with van der Waals surface area (Å²) in [4.78, 5) is 26.2. The molecule has 0 aromatic rings. The van der Waals surface area contributed by atoms with E-state index in [1.807, 2.05) is 6.92 Å². The lowest BCUT2D eigenvalue weighted by atomic mass is 9.80. The second kappa shape index (κ2) is 7.64. The van der Waals surface area contributed by atoms with Crippen molar-refractivity contribution in [1.29, 1.82) is 0 Å². The van der Waals surface area contributed by atoms with Crippen LogP contribution in [-0.2, 0) is 19.4 Å². The number of amides is 2. The quantitative estimate of drug-likeness (QED) is 0.805. The summed E-state index contributed by atoms with van der Waals surface area (Å²) in [5.41, 5.74) is 0. The van der Waals surface area contributed by atoms with E-state index in [-0.39, 0.29) is 41.2 Å². The second-order valence-electron chi connectivity index (χ2n) is 6.85. The van der Waals surface area contributed by atoms with Gasteiger partial charge in [0.1, 0.15) is 0 Å². The van der Waals surface area contributed by atoms with Gasteiger partial charge < -0.3 is 10.2 Å². The molecule has 1 saturated heterocycles. The van der Waals surface area contributed by atoms with Crippen LogP contribution in [0.15, 0.2) is 0 Å². The zero-order valence-electron chi connectivity index (χ0n) is 14.1. The minimum absolute atomic E-state index is 0.0164. The first-order valence-electron chi connectivity index (χ1n) is 8.59. The summed E-state index contributed by atoms with van der Waals surface area (Å²) in [7, 11) is -1.26. The monoisotopic (exact) mass is 344 g/mol. The molecule has 1 aliphatic heterocycles. The van der Waals surface area contributed by atoms with Crippen LogP contribution in [0.25, 0.3) is 0 Å². The largest absolute Gasteiger partial charge is 0.356 e. The summed E-state index contributed by atoms with van der Waals surface area (Å²) in [6, 6.07) is -0.182. The number of sulfone groups is 1. The van der Waals surface area contributed by atoms with E-state index in [2.05, 4.69) is 5.32 Å². The van der Waals surface area contributed by atoms with E-state index in [1.54, 1.807) is 11.9 Å². The number of carbonyl (C=O) groups excluding carboxylic acids is 2. The van der Waals surface area contributed by atoms with Crippen molar-refractivity contribution in [3.63, 3.8) is 0 Å². The van der Waals surface area contributed by atoms with E-state index in [9.17, 15) is 18.0 Å². The number of rotatable bonds is 5. The van der Waals surface area contributed by atoms with Crippen molar-refractivity contribution in [2.45, 2.75) is 51.5 Å². The first-order valence-corrected chi connectivity index (χ1v) is 10.4. The molecule has 23 heavy (non-hydrogen) atoms. The average molecular weight is 344 g/mol. The van der Waals surface area contributed by atoms with E-state index in [0.29, 0.717) is 25.8 Å². The Morgan fingerprint density at radius 3 is 2.22 bits per heavy atom. The Bertz CT molecular complexity index is 538. The smallest absolute Gasteiger partial charge is 0.225 e. The van der Waals surface area contributed by atoms with Crippen molar-refractivity contribution < 1.29 is 18.0 Å². The molecule has 2 aliphatic rings. The predicted octanol–water partition coefficient (Wildman–Crippen LogP) is 0.965. The molecule has 0 aromatic heterocycles. The Hall–Kier alpha value is -1.11. The summed E-state index contributed by atoms with van der Waals surface area (Å²) in [5.74, 6) is 0.359. The van der Waals surface area contributed by atoms with Crippen LogP contribution < -0.4 is 5.32 Å². The van der Waals surface area contributed by atoms with Crippen LogP contribution in [0.2, 0.25) is 0 Å². The fourth-order valence-electron chi connectivity index (χ4n) is 3.54. The third-order valence-electron chi connectivity index (χ3n) is 5.10. The zero-order chi connectivity index (χ0) is 17.0. The average Bonchev–Trinajstić information content (AvgIpc) is 2.91. The van der Waals surface area contributed by atoms with Crippen LogP contribution in [0.3, 0.4) is 0 Å². The van der Waals surface area contributed by atoms with Crippen LogP contribution in [0, 0.1) is 11.8 Å². The van der Waals surface area contributed by atoms with Gasteiger partial charge in [0, 0.05) is 31.5 Å². The molecule has 132 valence electrons. The highest BCUT2D eigenvalue weighted by atomic mass is 32.2. The molecule has 0 spiro atoms. The lowest BCUT2D eigenvalue weighted by molar-refractivity contribution is -0.138. The molecule has 2 rings (SSSR count). The molecule has 0 aromatic carbocycles. The summed E-state index contributed by atoms with van der Waals surface area (Å²) < 4.78 is 23.1. The van der Waals surface area contributed by atoms with Gasteiger partial charge in [0.2, 0.25) is 11.8 Å². The number of carbonyl (C=O) groups is 2. The highest BCUT2D eigenvalue weighted by molar-refractivity contribution is 7.91. The fraction of sp³-hybridized carbons (Fsp3) is 0.875. The molecule has 2 amide bonds. The third-order valence-corrected chi connectivity index (χ3v) is 6.85. The Kier molecular flexibility index (Phi) is 6.06. The fourth-order valence-corrected chi connectivity index (χ4v) is 5.32. The number of hydrogen-bond acceptors (Lipinski definition) is 4. The predicted molar refractivity (Wildman–Crippen MR) is 88.6 cm³/mol. The molecular formula is C16H28N2O4S. The van der Waals surface area contributed by atoms with Crippen molar-refractivity contribution in [3.05, 3.63) is 0 Å². The van der Waals surface area contributed by atoms with E-state index < -0.39 is 9.84 Å². The van der Waals surface area contributed by atoms with Gasteiger partial charge >= 0.3 is 0 Å². The van der Waals surface area contributed by atoms with E-state index in [0.717, 1.165) is 19.3 Å². The molecule has 1 unspecified atom stereocenters. The highest BCUT2D eigenvalue weighted by Gasteiger charge is 2.36. The summed E-state index contributed by atoms with van der Waals surface area (Å²) >= 11 is 0. The Morgan fingerprint density at radius 1 is 1.09 bits per heavy atom. The summed E-state index contributed by atoms with van der Waals surface area (Å²) in [5, 5.41) is 2.92. The maximum Gasteiger partial charge on any atom is 0.225 e. The van der Waals surface area contributed by atoms with Gasteiger partial charge in [-0.25, -0.2) is 8.42 Å².